The molecule has 0 saturated carbocycles. The Labute approximate surface area is 183 Å². The number of benzene rings is 2. The third-order valence-electron chi connectivity index (χ3n) is 5.28. The molecule has 4 rings (SSSR count). The lowest BCUT2D eigenvalue weighted by Crippen LogP contribution is -2.30. The Bertz CT molecular complexity index is 1200. The van der Waals surface area contributed by atoms with Gasteiger partial charge in [-0.3, -0.25) is 0 Å². The van der Waals surface area contributed by atoms with Gasteiger partial charge in [0.25, 0.3) is 0 Å². The molecule has 0 spiro atoms. The molecule has 0 amide bonds. The maximum absolute atomic E-state index is 13.4. The molecule has 0 unspecified atom stereocenters. The number of hydrogen-bond donors (Lipinski definition) is 0. The molecule has 3 aromatic rings. The second kappa shape index (κ2) is 8.96. The van der Waals surface area contributed by atoms with Gasteiger partial charge in [0, 0.05) is 19.6 Å². The van der Waals surface area contributed by atoms with E-state index in [-0.39, 0.29) is 22.9 Å². The molecule has 31 heavy (non-hydrogen) atoms. The zero-order valence-corrected chi connectivity index (χ0v) is 18.6. The van der Waals surface area contributed by atoms with Gasteiger partial charge in [-0.25, -0.2) is 16.8 Å². The van der Waals surface area contributed by atoms with Gasteiger partial charge >= 0.3 is 0 Å². The highest BCUT2D eigenvalue weighted by molar-refractivity contribution is 7.89. The van der Waals surface area contributed by atoms with Crippen molar-refractivity contribution >= 4 is 20.0 Å². The number of nitrogens with zero attached hydrogens (tertiary/aromatic N) is 2. The highest BCUT2D eigenvalue weighted by Gasteiger charge is 2.29. The molecule has 0 bridgehead atoms. The van der Waals surface area contributed by atoms with Gasteiger partial charge in [-0.05, 0) is 54.8 Å². The molecular weight excluding hydrogens is 436 g/mol. The van der Waals surface area contributed by atoms with E-state index in [1.54, 1.807) is 12.1 Å². The van der Waals surface area contributed by atoms with Crippen molar-refractivity contribution in [1.29, 1.82) is 0 Å². The molecule has 0 radical (unpaired) electrons. The highest BCUT2D eigenvalue weighted by atomic mass is 32.2. The average Bonchev–Trinajstić information content (AvgIpc) is 3.49. The smallest absolute Gasteiger partial charge is 0.243 e. The lowest BCUT2D eigenvalue weighted by atomic mass is 10.2. The lowest BCUT2D eigenvalue weighted by Gasteiger charge is -2.22. The van der Waals surface area contributed by atoms with Gasteiger partial charge in [0.05, 0.1) is 22.6 Å². The molecule has 0 atom stereocenters. The first-order chi connectivity index (χ1) is 14.9. The molecule has 9 heteroatoms. The van der Waals surface area contributed by atoms with Gasteiger partial charge in [-0.1, -0.05) is 30.3 Å². The molecule has 1 aromatic heterocycles. The minimum absolute atomic E-state index is 0.0374. The van der Waals surface area contributed by atoms with Crippen molar-refractivity contribution in [3.8, 4) is 0 Å². The maximum Gasteiger partial charge on any atom is 0.243 e. The van der Waals surface area contributed by atoms with Crippen LogP contribution in [0.3, 0.4) is 0 Å². The third kappa shape index (κ3) is 4.74. The maximum atomic E-state index is 13.4. The van der Waals surface area contributed by atoms with Crippen LogP contribution >= 0.6 is 0 Å². The zero-order chi connectivity index (χ0) is 21.9. The highest BCUT2D eigenvalue weighted by Crippen LogP contribution is 2.25. The van der Waals surface area contributed by atoms with Crippen LogP contribution in [0.1, 0.15) is 24.2 Å². The number of hydrogen-bond acceptors (Lipinski definition) is 5. The topological polar surface area (TPSA) is 87.9 Å². The Kier molecular flexibility index (Phi) is 6.29. The number of furan rings is 1. The third-order valence-corrected chi connectivity index (χ3v) is 9.00. The van der Waals surface area contributed by atoms with E-state index in [1.807, 2.05) is 30.3 Å². The predicted molar refractivity (Wildman–Crippen MR) is 116 cm³/mol. The molecule has 2 aromatic carbocycles. The van der Waals surface area contributed by atoms with E-state index in [2.05, 4.69) is 0 Å². The molecule has 1 aliphatic rings. The van der Waals surface area contributed by atoms with Gasteiger partial charge in [-0.2, -0.15) is 8.61 Å². The van der Waals surface area contributed by atoms with E-state index in [4.69, 9.17) is 4.42 Å². The molecular formula is C22H24N2O5S2. The Balaban J connectivity index is 1.63. The summed E-state index contributed by atoms with van der Waals surface area (Å²) < 4.78 is 60.4. The van der Waals surface area contributed by atoms with Crippen molar-refractivity contribution in [2.75, 3.05) is 13.1 Å². The van der Waals surface area contributed by atoms with E-state index in [9.17, 15) is 16.8 Å². The standard InChI is InChI=1S/C22H24N2O5S2/c25-30(26,23-14-4-5-15-23)21-10-12-22(13-11-21)31(27,28)24(18-20-9-6-16-29-20)17-19-7-2-1-3-8-19/h1-3,6-13,16H,4-5,14-15,17-18H2. The first-order valence-corrected chi connectivity index (χ1v) is 12.9. The molecule has 1 saturated heterocycles. The number of rotatable bonds is 8. The van der Waals surface area contributed by atoms with Gasteiger partial charge in [0.2, 0.25) is 20.0 Å². The predicted octanol–water partition coefficient (Wildman–Crippen LogP) is 3.46. The van der Waals surface area contributed by atoms with Gasteiger partial charge in [0.1, 0.15) is 5.76 Å². The van der Waals surface area contributed by atoms with Crippen molar-refractivity contribution in [3.63, 3.8) is 0 Å². The summed E-state index contributed by atoms with van der Waals surface area (Å²) in [5.41, 5.74) is 0.839. The van der Waals surface area contributed by atoms with Gasteiger partial charge < -0.3 is 4.42 Å². The minimum Gasteiger partial charge on any atom is -0.468 e. The van der Waals surface area contributed by atoms with Crippen molar-refractivity contribution in [3.05, 3.63) is 84.3 Å². The zero-order valence-electron chi connectivity index (χ0n) is 16.9. The summed E-state index contributed by atoms with van der Waals surface area (Å²) in [5.74, 6) is 0.521. The second-order valence-electron chi connectivity index (χ2n) is 7.42. The summed E-state index contributed by atoms with van der Waals surface area (Å²) >= 11 is 0. The van der Waals surface area contributed by atoms with E-state index >= 15 is 0 Å². The summed E-state index contributed by atoms with van der Waals surface area (Å²) in [6.45, 7) is 1.22. The molecule has 1 fully saturated rings. The molecule has 7 nitrogen and oxygen atoms in total. The van der Waals surface area contributed by atoms with E-state index in [0.29, 0.717) is 18.8 Å². The molecule has 2 heterocycles. The van der Waals surface area contributed by atoms with Crippen LogP contribution in [0.4, 0.5) is 0 Å². The second-order valence-corrected chi connectivity index (χ2v) is 11.3. The fourth-order valence-corrected chi connectivity index (χ4v) is 6.51. The van der Waals surface area contributed by atoms with E-state index in [1.165, 1.54) is 39.1 Å². The van der Waals surface area contributed by atoms with Crippen LogP contribution in [0.5, 0.6) is 0 Å². The van der Waals surface area contributed by atoms with Crippen molar-refractivity contribution < 1.29 is 21.3 Å². The summed E-state index contributed by atoms with van der Waals surface area (Å²) in [6, 6.07) is 18.2. The monoisotopic (exact) mass is 460 g/mol. The van der Waals surface area contributed by atoms with Crippen molar-refractivity contribution in [1.82, 2.24) is 8.61 Å². The fraction of sp³-hybridized carbons (Fsp3) is 0.273. The van der Waals surface area contributed by atoms with Crippen LogP contribution in [-0.2, 0) is 33.1 Å². The average molecular weight is 461 g/mol. The fourth-order valence-electron chi connectivity index (χ4n) is 3.60. The van der Waals surface area contributed by atoms with Gasteiger partial charge in [0.15, 0.2) is 0 Å². The van der Waals surface area contributed by atoms with Crippen LogP contribution in [0.15, 0.2) is 87.2 Å². The Morgan fingerprint density at radius 2 is 1.42 bits per heavy atom. The van der Waals surface area contributed by atoms with Crippen LogP contribution in [-0.4, -0.2) is 38.5 Å². The van der Waals surface area contributed by atoms with Crippen molar-refractivity contribution in [2.24, 2.45) is 0 Å². The molecule has 1 aliphatic heterocycles. The summed E-state index contributed by atoms with van der Waals surface area (Å²) in [4.78, 5) is 0.143. The first kappa shape index (κ1) is 21.8. The van der Waals surface area contributed by atoms with Crippen LogP contribution in [0.25, 0.3) is 0 Å². The SMILES string of the molecule is O=S(=O)(c1ccc(S(=O)(=O)N(Cc2ccccc2)Cc2ccco2)cc1)N1CCCC1. The summed E-state index contributed by atoms with van der Waals surface area (Å²) in [6.07, 6.45) is 3.18. The van der Waals surface area contributed by atoms with E-state index in [0.717, 1.165) is 18.4 Å². The molecule has 0 aliphatic carbocycles. The molecule has 0 N–H and O–H groups in total. The Morgan fingerprint density at radius 3 is 2.03 bits per heavy atom. The van der Waals surface area contributed by atoms with Crippen LogP contribution in [0.2, 0.25) is 0 Å². The van der Waals surface area contributed by atoms with Crippen LogP contribution < -0.4 is 0 Å². The van der Waals surface area contributed by atoms with Gasteiger partial charge in [-0.15, -0.1) is 0 Å². The normalized spacial score (nSPS) is 15.5. The minimum atomic E-state index is -3.89. The lowest BCUT2D eigenvalue weighted by molar-refractivity contribution is 0.358. The number of sulfonamides is 2. The summed E-state index contributed by atoms with van der Waals surface area (Å²) in [7, 11) is -7.49. The molecule has 164 valence electrons. The van der Waals surface area contributed by atoms with Crippen LogP contribution in [0, 0.1) is 0 Å². The Hall–Kier alpha value is -2.46. The quantitative estimate of drug-likeness (QED) is 0.514. The van der Waals surface area contributed by atoms with Crippen molar-refractivity contribution in [2.45, 2.75) is 35.7 Å². The summed E-state index contributed by atoms with van der Waals surface area (Å²) in [5, 5.41) is 0. The Morgan fingerprint density at radius 1 is 0.774 bits per heavy atom. The van der Waals surface area contributed by atoms with E-state index < -0.39 is 20.0 Å². The first-order valence-electron chi connectivity index (χ1n) is 10.0. The largest absolute Gasteiger partial charge is 0.468 e.